The Balaban J connectivity index is 1.69. The lowest BCUT2D eigenvalue weighted by atomic mass is 10.2. The summed E-state index contributed by atoms with van der Waals surface area (Å²) in [6.07, 6.45) is 1.48. The second kappa shape index (κ2) is 11.1. The van der Waals surface area contributed by atoms with Crippen LogP contribution in [-0.4, -0.2) is 31.8 Å². The third-order valence-corrected chi connectivity index (χ3v) is 4.81. The largest absolute Gasteiger partial charge is 0.497 e. The summed E-state index contributed by atoms with van der Waals surface area (Å²) in [5.41, 5.74) is 4.01. The predicted octanol–water partition coefficient (Wildman–Crippen LogP) is 4.84. The number of carbonyl (C=O) groups excluding carboxylic acids is 2. The van der Waals surface area contributed by atoms with Gasteiger partial charge in [0.2, 0.25) is 0 Å². The van der Waals surface area contributed by atoms with Crippen LogP contribution in [0.5, 0.6) is 17.2 Å². The van der Waals surface area contributed by atoms with Gasteiger partial charge in [0.15, 0.2) is 11.5 Å². The Kier molecular flexibility index (Phi) is 7.99. The second-order valence-electron chi connectivity index (χ2n) is 6.46. The lowest BCUT2D eigenvalue weighted by Crippen LogP contribution is -2.17. The highest BCUT2D eigenvalue weighted by atomic mass is 79.9. The highest BCUT2D eigenvalue weighted by Crippen LogP contribution is 2.29. The predicted molar refractivity (Wildman–Crippen MR) is 125 cm³/mol. The molecule has 8 heteroatoms. The fourth-order valence-corrected chi connectivity index (χ4v) is 2.94. The first-order chi connectivity index (χ1) is 15.5. The van der Waals surface area contributed by atoms with Gasteiger partial charge in [0.1, 0.15) is 5.75 Å². The van der Waals surface area contributed by atoms with E-state index < -0.39 is 5.97 Å². The van der Waals surface area contributed by atoms with Crippen molar-refractivity contribution in [2.75, 3.05) is 13.7 Å². The zero-order chi connectivity index (χ0) is 22.9. The molecule has 0 spiro atoms. The van der Waals surface area contributed by atoms with E-state index in [0.717, 1.165) is 4.47 Å². The molecule has 0 aliphatic heterocycles. The fraction of sp³-hybridized carbons (Fsp3) is 0.125. The molecule has 3 rings (SSSR count). The van der Waals surface area contributed by atoms with Crippen molar-refractivity contribution in [1.82, 2.24) is 5.43 Å². The number of methoxy groups -OCH3 is 1. The lowest BCUT2D eigenvalue weighted by Gasteiger charge is -2.11. The zero-order valence-corrected chi connectivity index (χ0v) is 19.1. The molecule has 0 saturated heterocycles. The fourth-order valence-electron chi connectivity index (χ4n) is 2.67. The SMILES string of the molecule is CCOc1cc(/C=N/NC(=O)c2ccc(Br)cc2)ccc1OC(=O)c1ccc(OC)cc1. The van der Waals surface area contributed by atoms with Gasteiger partial charge in [-0.05, 0) is 79.2 Å². The summed E-state index contributed by atoms with van der Waals surface area (Å²) in [5.74, 6) is 0.467. The van der Waals surface area contributed by atoms with Gasteiger partial charge in [0, 0.05) is 10.0 Å². The number of hydrazone groups is 1. The van der Waals surface area contributed by atoms with E-state index in [4.69, 9.17) is 14.2 Å². The standard InChI is InChI=1S/C24H21BrN2O5/c1-3-31-22-14-16(15-26-27-23(28)17-5-9-19(25)10-6-17)4-13-21(22)32-24(29)18-7-11-20(30-2)12-8-18/h4-15H,3H2,1-2H3,(H,27,28)/b26-15+. The number of rotatable bonds is 8. The molecule has 3 aromatic carbocycles. The normalized spacial score (nSPS) is 10.6. The van der Waals surface area contributed by atoms with Crippen LogP contribution >= 0.6 is 15.9 Å². The molecule has 164 valence electrons. The van der Waals surface area contributed by atoms with Crippen molar-refractivity contribution in [3.8, 4) is 17.2 Å². The summed E-state index contributed by atoms with van der Waals surface area (Å²) in [6, 6.07) is 18.5. The average Bonchev–Trinajstić information content (AvgIpc) is 2.81. The number of carbonyl (C=O) groups is 2. The van der Waals surface area contributed by atoms with Crippen molar-refractivity contribution >= 4 is 34.0 Å². The van der Waals surface area contributed by atoms with E-state index in [1.54, 1.807) is 73.8 Å². The maximum absolute atomic E-state index is 12.5. The third kappa shape index (κ3) is 6.18. The summed E-state index contributed by atoms with van der Waals surface area (Å²) < 4.78 is 17.1. The van der Waals surface area contributed by atoms with Crippen LogP contribution in [0, 0.1) is 0 Å². The Labute approximate surface area is 194 Å². The van der Waals surface area contributed by atoms with Gasteiger partial charge in [-0.3, -0.25) is 4.79 Å². The zero-order valence-electron chi connectivity index (χ0n) is 17.5. The maximum atomic E-state index is 12.5. The van der Waals surface area contributed by atoms with Crippen LogP contribution in [0.2, 0.25) is 0 Å². The smallest absolute Gasteiger partial charge is 0.343 e. The average molecular weight is 497 g/mol. The van der Waals surface area contributed by atoms with E-state index >= 15 is 0 Å². The van der Waals surface area contributed by atoms with Crippen molar-refractivity contribution in [3.05, 3.63) is 87.9 Å². The first-order valence-electron chi connectivity index (χ1n) is 9.72. The number of ether oxygens (including phenoxy) is 3. The van der Waals surface area contributed by atoms with Gasteiger partial charge >= 0.3 is 5.97 Å². The van der Waals surface area contributed by atoms with Crippen LogP contribution in [0.15, 0.2) is 76.3 Å². The summed E-state index contributed by atoms with van der Waals surface area (Å²) in [4.78, 5) is 24.6. The molecule has 1 amide bonds. The number of hydrogen-bond donors (Lipinski definition) is 1. The van der Waals surface area contributed by atoms with E-state index in [0.29, 0.717) is 34.8 Å². The topological polar surface area (TPSA) is 86.2 Å². The van der Waals surface area contributed by atoms with Crippen LogP contribution in [0.25, 0.3) is 0 Å². The molecule has 0 radical (unpaired) electrons. The highest BCUT2D eigenvalue weighted by Gasteiger charge is 2.13. The molecule has 1 N–H and O–H groups in total. The number of esters is 1. The van der Waals surface area contributed by atoms with Crippen LogP contribution in [0.1, 0.15) is 33.2 Å². The van der Waals surface area contributed by atoms with Gasteiger partial charge in [-0.2, -0.15) is 5.10 Å². The Bertz CT molecular complexity index is 1110. The number of amides is 1. The van der Waals surface area contributed by atoms with E-state index in [9.17, 15) is 9.59 Å². The molecule has 0 atom stereocenters. The second-order valence-corrected chi connectivity index (χ2v) is 7.38. The van der Waals surface area contributed by atoms with Gasteiger partial charge in [0.25, 0.3) is 5.91 Å². The Hall–Kier alpha value is -3.65. The van der Waals surface area contributed by atoms with Crippen LogP contribution in [0.3, 0.4) is 0 Å². The molecule has 0 bridgehead atoms. The van der Waals surface area contributed by atoms with Gasteiger partial charge in [-0.25, -0.2) is 10.2 Å². The molecule has 0 saturated carbocycles. The molecule has 0 aliphatic rings. The van der Waals surface area contributed by atoms with Crippen molar-refractivity contribution in [2.24, 2.45) is 5.10 Å². The van der Waals surface area contributed by atoms with Crippen LogP contribution in [-0.2, 0) is 0 Å². The third-order valence-electron chi connectivity index (χ3n) is 4.28. The molecule has 32 heavy (non-hydrogen) atoms. The maximum Gasteiger partial charge on any atom is 0.343 e. The molecule has 0 aliphatic carbocycles. The van der Waals surface area contributed by atoms with Crippen LogP contribution in [0.4, 0.5) is 0 Å². The molecule has 0 aromatic heterocycles. The van der Waals surface area contributed by atoms with Gasteiger partial charge < -0.3 is 14.2 Å². The van der Waals surface area contributed by atoms with Gasteiger partial charge in [-0.15, -0.1) is 0 Å². The molecule has 0 unspecified atom stereocenters. The number of benzene rings is 3. The highest BCUT2D eigenvalue weighted by molar-refractivity contribution is 9.10. The van der Waals surface area contributed by atoms with E-state index in [-0.39, 0.29) is 11.7 Å². The number of hydrogen-bond acceptors (Lipinski definition) is 6. The van der Waals surface area contributed by atoms with E-state index in [2.05, 4.69) is 26.5 Å². The first-order valence-corrected chi connectivity index (χ1v) is 10.5. The minimum Gasteiger partial charge on any atom is -0.497 e. The molecule has 7 nitrogen and oxygen atoms in total. The summed E-state index contributed by atoms with van der Waals surface area (Å²) >= 11 is 3.33. The minimum atomic E-state index is -0.517. The molecular formula is C24H21BrN2O5. The molecule has 3 aromatic rings. The summed E-state index contributed by atoms with van der Waals surface area (Å²) in [7, 11) is 1.55. The minimum absolute atomic E-state index is 0.281. The molecule has 0 fully saturated rings. The summed E-state index contributed by atoms with van der Waals surface area (Å²) in [6.45, 7) is 2.21. The Morgan fingerprint density at radius 1 is 0.969 bits per heavy atom. The molecule has 0 heterocycles. The quantitative estimate of drug-likeness (QED) is 0.208. The van der Waals surface area contributed by atoms with Crippen molar-refractivity contribution in [1.29, 1.82) is 0 Å². The lowest BCUT2D eigenvalue weighted by molar-refractivity contribution is 0.0728. The van der Waals surface area contributed by atoms with Crippen LogP contribution < -0.4 is 19.6 Å². The van der Waals surface area contributed by atoms with Gasteiger partial charge in [0.05, 0.1) is 25.5 Å². The van der Waals surface area contributed by atoms with Crippen molar-refractivity contribution < 1.29 is 23.8 Å². The molecular weight excluding hydrogens is 476 g/mol. The monoisotopic (exact) mass is 496 g/mol. The number of halogens is 1. The first kappa shape index (κ1) is 23.0. The van der Waals surface area contributed by atoms with Crippen molar-refractivity contribution in [3.63, 3.8) is 0 Å². The number of nitrogens with zero attached hydrogens (tertiary/aromatic N) is 1. The Morgan fingerprint density at radius 3 is 2.31 bits per heavy atom. The number of nitrogens with one attached hydrogen (secondary N) is 1. The van der Waals surface area contributed by atoms with E-state index in [1.807, 2.05) is 6.92 Å². The summed E-state index contributed by atoms with van der Waals surface area (Å²) in [5, 5.41) is 3.98. The van der Waals surface area contributed by atoms with Crippen molar-refractivity contribution in [2.45, 2.75) is 6.92 Å². The Morgan fingerprint density at radius 2 is 1.66 bits per heavy atom. The van der Waals surface area contributed by atoms with Gasteiger partial charge in [-0.1, -0.05) is 15.9 Å². The van der Waals surface area contributed by atoms with E-state index in [1.165, 1.54) is 6.21 Å².